The van der Waals surface area contributed by atoms with Crippen LogP contribution in [0.3, 0.4) is 0 Å². The summed E-state index contributed by atoms with van der Waals surface area (Å²) in [4.78, 5) is 26.7. The highest BCUT2D eigenvalue weighted by atomic mass is 32.2. The van der Waals surface area contributed by atoms with Crippen LogP contribution in [0.25, 0.3) is 0 Å². The number of hydrogen-bond acceptors (Lipinski definition) is 4. The number of carbonyl (C=O) groups is 2. The summed E-state index contributed by atoms with van der Waals surface area (Å²) in [7, 11) is 0. The molecule has 2 aromatic rings. The lowest BCUT2D eigenvalue weighted by Gasteiger charge is -2.12. The van der Waals surface area contributed by atoms with Gasteiger partial charge in [0, 0.05) is 21.9 Å². The lowest BCUT2D eigenvalue weighted by molar-refractivity contribution is 0.0946. The largest absolute Gasteiger partial charge is 0.352 e. The van der Waals surface area contributed by atoms with Gasteiger partial charge in [0.05, 0.1) is 11.3 Å². The average molecular weight is 353 g/mol. The molecule has 0 aliphatic carbocycles. The lowest BCUT2D eigenvalue weighted by Crippen LogP contribution is -2.30. The van der Waals surface area contributed by atoms with E-state index >= 15 is 0 Å². The first-order valence-corrected chi connectivity index (χ1v) is 9.23. The van der Waals surface area contributed by atoms with Gasteiger partial charge < -0.3 is 16.0 Å². The van der Waals surface area contributed by atoms with E-state index in [0.29, 0.717) is 29.3 Å². The summed E-state index contributed by atoms with van der Waals surface area (Å²) in [6.45, 7) is 2.65. The van der Waals surface area contributed by atoms with Crippen molar-refractivity contribution in [3.05, 3.63) is 53.6 Å². The van der Waals surface area contributed by atoms with Crippen LogP contribution in [-0.2, 0) is 0 Å². The van der Waals surface area contributed by atoms with E-state index in [4.69, 9.17) is 0 Å². The molecule has 2 aliphatic heterocycles. The standard InChI is InChI=1S/C19H19N3O2S/c23-18(21-11-12-7-8-20-10-12)13-5-6-17-15(9-13)22-19(24)14-3-1-2-4-16(14)25-17/h1-6,9,12,20H,7-8,10-11H2,(H,21,23)(H,22,24). The van der Waals surface area contributed by atoms with E-state index in [1.165, 1.54) is 11.8 Å². The second-order valence-electron chi connectivity index (χ2n) is 6.33. The molecule has 1 saturated heterocycles. The summed E-state index contributed by atoms with van der Waals surface area (Å²) in [5, 5.41) is 9.21. The molecule has 3 N–H and O–H groups in total. The van der Waals surface area contributed by atoms with Gasteiger partial charge in [-0.2, -0.15) is 0 Å². The molecule has 0 aromatic heterocycles. The minimum absolute atomic E-state index is 0.101. The molecule has 1 fully saturated rings. The van der Waals surface area contributed by atoms with Gasteiger partial charge in [-0.05, 0) is 55.8 Å². The second kappa shape index (κ2) is 6.90. The molecule has 2 aliphatic rings. The Morgan fingerprint density at radius 1 is 1.20 bits per heavy atom. The first-order valence-electron chi connectivity index (χ1n) is 8.42. The second-order valence-corrected chi connectivity index (χ2v) is 7.42. The molecule has 0 radical (unpaired) electrons. The van der Waals surface area contributed by atoms with Crippen LogP contribution in [0.2, 0.25) is 0 Å². The number of benzene rings is 2. The molecule has 6 heteroatoms. The molecule has 2 aromatic carbocycles. The van der Waals surface area contributed by atoms with Crippen LogP contribution in [0.15, 0.2) is 52.3 Å². The average Bonchev–Trinajstić information content (AvgIpc) is 3.10. The van der Waals surface area contributed by atoms with E-state index in [-0.39, 0.29) is 11.8 Å². The molecule has 5 nitrogen and oxygen atoms in total. The van der Waals surface area contributed by atoms with Crippen molar-refractivity contribution in [3.8, 4) is 0 Å². The van der Waals surface area contributed by atoms with Gasteiger partial charge in [-0.15, -0.1) is 0 Å². The minimum atomic E-state index is -0.142. The maximum absolute atomic E-state index is 12.4. The van der Waals surface area contributed by atoms with E-state index < -0.39 is 0 Å². The van der Waals surface area contributed by atoms with Crippen LogP contribution in [-0.4, -0.2) is 31.4 Å². The van der Waals surface area contributed by atoms with Crippen molar-refractivity contribution >= 4 is 29.3 Å². The highest BCUT2D eigenvalue weighted by molar-refractivity contribution is 7.99. The summed E-state index contributed by atoms with van der Waals surface area (Å²) >= 11 is 1.54. The SMILES string of the molecule is O=C(NCC1CCNC1)c1ccc2c(c1)NC(=O)c1ccccc1S2. The van der Waals surface area contributed by atoms with Crippen LogP contribution >= 0.6 is 11.8 Å². The van der Waals surface area contributed by atoms with Gasteiger partial charge in [-0.25, -0.2) is 0 Å². The Balaban J connectivity index is 1.53. The molecule has 2 heterocycles. The van der Waals surface area contributed by atoms with Gasteiger partial charge in [-0.1, -0.05) is 23.9 Å². The molecule has 4 rings (SSSR count). The van der Waals surface area contributed by atoms with Gasteiger partial charge in [0.25, 0.3) is 11.8 Å². The quantitative estimate of drug-likeness (QED) is 0.794. The fraction of sp³-hybridized carbons (Fsp3) is 0.263. The van der Waals surface area contributed by atoms with Crippen molar-refractivity contribution in [1.29, 1.82) is 0 Å². The number of hydrogen-bond donors (Lipinski definition) is 3. The Kier molecular flexibility index (Phi) is 4.46. The molecule has 2 amide bonds. The third-order valence-corrected chi connectivity index (χ3v) is 5.71. The van der Waals surface area contributed by atoms with Gasteiger partial charge in [0.1, 0.15) is 0 Å². The molecular formula is C19H19N3O2S. The first kappa shape index (κ1) is 16.2. The topological polar surface area (TPSA) is 70.2 Å². The molecule has 0 bridgehead atoms. The Labute approximate surface area is 150 Å². The zero-order valence-corrected chi connectivity index (χ0v) is 14.5. The van der Waals surface area contributed by atoms with Crippen molar-refractivity contribution < 1.29 is 9.59 Å². The fourth-order valence-corrected chi connectivity index (χ4v) is 4.15. The number of amides is 2. The predicted octanol–water partition coefficient (Wildman–Crippen LogP) is 2.74. The smallest absolute Gasteiger partial charge is 0.256 e. The summed E-state index contributed by atoms with van der Waals surface area (Å²) < 4.78 is 0. The molecule has 0 spiro atoms. The maximum Gasteiger partial charge on any atom is 0.256 e. The number of fused-ring (bicyclic) bond motifs is 2. The van der Waals surface area contributed by atoms with Crippen molar-refractivity contribution in [2.24, 2.45) is 5.92 Å². The van der Waals surface area contributed by atoms with Gasteiger partial charge in [0.15, 0.2) is 0 Å². The van der Waals surface area contributed by atoms with E-state index in [1.54, 1.807) is 6.07 Å². The van der Waals surface area contributed by atoms with Crippen LogP contribution in [0.4, 0.5) is 5.69 Å². The van der Waals surface area contributed by atoms with E-state index in [0.717, 1.165) is 29.3 Å². The van der Waals surface area contributed by atoms with Crippen molar-refractivity contribution in [2.45, 2.75) is 16.2 Å². The van der Waals surface area contributed by atoms with E-state index in [1.807, 2.05) is 36.4 Å². The highest BCUT2D eigenvalue weighted by Gasteiger charge is 2.21. The van der Waals surface area contributed by atoms with Crippen molar-refractivity contribution in [2.75, 3.05) is 25.0 Å². The van der Waals surface area contributed by atoms with Crippen LogP contribution in [0.1, 0.15) is 27.1 Å². The molecule has 25 heavy (non-hydrogen) atoms. The number of nitrogens with one attached hydrogen (secondary N) is 3. The fourth-order valence-electron chi connectivity index (χ4n) is 3.14. The Morgan fingerprint density at radius 2 is 2.08 bits per heavy atom. The minimum Gasteiger partial charge on any atom is -0.352 e. The molecule has 0 saturated carbocycles. The van der Waals surface area contributed by atoms with E-state index in [2.05, 4.69) is 16.0 Å². The van der Waals surface area contributed by atoms with E-state index in [9.17, 15) is 9.59 Å². The summed E-state index contributed by atoms with van der Waals surface area (Å²) in [5.41, 5.74) is 1.90. The van der Waals surface area contributed by atoms with Crippen LogP contribution in [0.5, 0.6) is 0 Å². The molecule has 1 atom stereocenters. The molecule has 1 unspecified atom stereocenters. The van der Waals surface area contributed by atoms with Gasteiger partial charge in [0.2, 0.25) is 0 Å². The Morgan fingerprint density at radius 3 is 2.92 bits per heavy atom. The zero-order valence-electron chi connectivity index (χ0n) is 13.7. The zero-order chi connectivity index (χ0) is 17.2. The highest BCUT2D eigenvalue weighted by Crippen LogP contribution is 2.38. The predicted molar refractivity (Wildman–Crippen MR) is 98.3 cm³/mol. The van der Waals surface area contributed by atoms with Crippen LogP contribution < -0.4 is 16.0 Å². The summed E-state index contributed by atoms with van der Waals surface area (Å²) in [5.74, 6) is 0.252. The molecular weight excluding hydrogens is 334 g/mol. The lowest BCUT2D eigenvalue weighted by atomic mass is 10.1. The van der Waals surface area contributed by atoms with Crippen LogP contribution in [0, 0.1) is 5.92 Å². The normalized spacial score (nSPS) is 18.7. The van der Waals surface area contributed by atoms with Crippen molar-refractivity contribution in [1.82, 2.24) is 10.6 Å². The molecule has 128 valence electrons. The van der Waals surface area contributed by atoms with Gasteiger partial charge >= 0.3 is 0 Å². The number of anilines is 1. The maximum atomic E-state index is 12.4. The Hall–Kier alpha value is -2.31. The number of rotatable bonds is 3. The first-order chi connectivity index (χ1) is 12.2. The van der Waals surface area contributed by atoms with Crippen molar-refractivity contribution in [3.63, 3.8) is 0 Å². The summed E-state index contributed by atoms with van der Waals surface area (Å²) in [6, 6.07) is 13.0. The third-order valence-electron chi connectivity index (χ3n) is 4.56. The monoisotopic (exact) mass is 353 g/mol. The van der Waals surface area contributed by atoms with Gasteiger partial charge in [-0.3, -0.25) is 9.59 Å². The summed E-state index contributed by atoms with van der Waals surface area (Å²) in [6.07, 6.45) is 1.09. The third kappa shape index (κ3) is 3.41. The Bertz CT molecular complexity index is 831. The number of carbonyl (C=O) groups excluding carboxylic acids is 2.